The topological polar surface area (TPSA) is 49.0 Å². The van der Waals surface area contributed by atoms with E-state index in [0.29, 0.717) is 25.2 Å². The standard InChI is InChI=1S/C15H29NO4/c1-3-16-13-10-14(15(13)19-9-8-17-2)20-11-12-4-6-18-7-5-12/h12-16H,3-11H2,1-2H3. The first-order chi connectivity index (χ1) is 9.85. The third-order valence-electron chi connectivity index (χ3n) is 4.20. The van der Waals surface area contributed by atoms with Crippen molar-refractivity contribution in [2.75, 3.05) is 46.7 Å². The molecular weight excluding hydrogens is 258 g/mol. The van der Waals surface area contributed by atoms with Crippen LogP contribution in [0.15, 0.2) is 0 Å². The van der Waals surface area contributed by atoms with Gasteiger partial charge in [-0.2, -0.15) is 0 Å². The molecule has 0 aromatic heterocycles. The van der Waals surface area contributed by atoms with E-state index in [9.17, 15) is 0 Å². The van der Waals surface area contributed by atoms with Gasteiger partial charge in [0.05, 0.1) is 32.0 Å². The molecule has 1 saturated carbocycles. The summed E-state index contributed by atoms with van der Waals surface area (Å²) in [6.45, 7) is 6.99. The molecule has 2 fully saturated rings. The highest BCUT2D eigenvalue weighted by Gasteiger charge is 2.42. The van der Waals surface area contributed by atoms with E-state index in [1.54, 1.807) is 7.11 Å². The van der Waals surface area contributed by atoms with Gasteiger partial charge in [0.15, 0.2) is 0 Å². The summed E-state index contributed by atoms with van der Waals surface area (Å²) in [4.78, 5) is 0. The van der Waals surface area contributed by atoms with Crippen LogP contribution < -0.4 is 5.32 Å². The fraction of sp³-hybridized carbons (Fsp3) is 1.00. The zero-order valence-electron chi connectivity index (χ0n) is 12.8. The fourth-order valence-corrected chi connectivity index (χ4v) is 2.87. The Morgan fingerprint density at radius 2 is 1.95 bits per heavy atom. The van der Waals surface area contributed by atoms with Crippen molar-refractivity contribution in [3.63, 3.8) is 0 Å². The second-order valence-electron chi connectivity index (χ2n) is 5.66. The Morgan fingerprint density at radius 3 is 2.65 bits per heavy atom. The molecule has 1 aliphatic heterocycles. The monoisotopic (exact) mass is 287 g/mol. The average molecular weight is 287 g/mol. The maximum Gasteiger partial charge on any atom is 0.0991 e. The molecule has 0 aromatic carbocycles. The van der Waals surface area contributed by atoms with Crippen molar-refractivity contribution in [1.29, 1.82) is 0 Å². The molecule has 2 aliphatic rings. The van der Waals surface area contributed by atoms with E-state index in [0.717, 1.165) is 45.6 Å². The maximum atomic E-state index is 6.08. The molecule has 2 rings (SSSR count). The van der Waals surface area contributed by atoms with Crippen LogP contribution in [-0.2, 0) is 18.9 Å². The van der Waals surface area contributed by atoms with Gasteiger partial charge in [0.2, 0.25) is 0 Å². The molecule has 0 bridgehead atoms. The summed E-state index contributed by atoms with van der Waals surface area (Å²) in [6.07, 6.45) is 3.70. The van der Waals surface area contributed by atoms with Crippen LogP contribution in [0.3, 0.4) is 0 Å². The molecule has 1 aliphatic carbocycles. The van der Waals surface area contributed by atoms with Crippen LogP contribution in [0.4, 0.5) is 0 Å². The van der Waals surface area contributed by atoms with Crippen LogP contribution in [0.5, 0.6) is 0 Å². The first kappa shape index (κ1) is 16.2. The molecule has 1 saturated heterocycles. The highest BCUT2D eigenvalue weighted by molar-refractivity contribution is 4.97. The molecule has 0 radical (unpaired) electrons. The Bertz CT molecular complexity index is 258. The highest BCUT2D eigenvalue weighted by Crippen LogP contribution is 2.29. The minimum Gasteiger partial charge on any atom is -0.382 e. The minimum atomic E-state index is 0.171. The number of hydrogen-bond acceptors (Lipinski definition) is 5. The maximum absolute atomic E-state index is 6.08. The minimum absolute atomic E-state index is 0.171. The number of rotatable bonds is 9. The normalized spacial score (nSPS) is 31.2. The molecule has 118 valence electrons. The number of likely N-dealkylation sites (N-methyl/N-ethyl adjacent to an activating group) is 1. The van der Waals surface area contributed by atoms with Gasteiger partial charge in [-0.05, 0) is 31.7 Å². The Kier molecular flexibility index (Phi) is 7.24. The fourth-order valence-electron chi connectivity index (χ4n) is 2.87. The van der Waals surface area contributed by atoms with E-state index in [4.69, 9.17) is 18.9 Å². The van der Waals surface area contributed by atoms with Crippen molar-refractivity contribution in [3.05, 3.63) is 0 Å². The van der Waals surface area contributed by atoms with Crippen LogP contribution in [-0.4, -0.2) is 64.9 Å². The van der Waals surface area contributed by atoms with Crippen LogP contribution in [0, 0.1) is 5.92 Å². The summed E-state index contributed by atoms with van der Waals surface area (Å²) in [6, 6.07) is 0.427. The van der Waals surface area contributed by atoms with Crippen molar-refractivity contribution in [2.45, 2.75) is 44.4 Å². The predicted octanol–water partition coefficient (Wildman–Crippen LogP) is 1.21. The third kappa shape index (κ3) is 4.67. The Labute approximate surface area is 122 Å². The summed E-state index contributed by atoms with van der Waals surface area (Å²) in [5.74, 6) is 0.654. The molecular formula is C15H29NO4. The van der Waals surface area contributed by atoms with Crippen LogP contribution in [0.2, 0.25) is 0 Å². The second kappa shape index (κ2) is 8.95. The van der Waals surface area contributed by atoms with E-state index in [-0.39, 0.29) is 12.2 Å². The Hall–Kier alpha value is -0.200. The van der Waals surface area contributed by atoms with E-state index < -0.39 is 0 Å². The van der Waals surface area contributed by atoms with Crippen molar-refractivity contribution >= 4 is 0 Å². The number of hydrogen-bond donors (Lipinski definition) is 1. The number of nitrogens with one attached hydrogen (secondary N) is 1. The van der Waals surface area contributed by atoms with Crippen LogP contribution in [0.25, 0.3) is 0 Å². The largest absolute Gasteiger partial charge is 0.382 e. The van der Waals surface area contributed by atoms with E-state index >= 15 is 0 Å². The van der Waals surface area contributed by atoms with Gasteiger partial charge >= 0.3 is 0 Å². The molecule has 20 heavy (non-hydrogen) atoms. The van der Waals surface area contributed by atoms with Crippen molar-refractivity contribution < 1.29 is 18.9 Å². The number of methoxy groups -OCH3 is 1. The Balaban J connectivity index is 1.68. The number of ether oxygens (including phenoxy) is 4. The van der Waals surface area contributed by atoms with Gasteiger partial charge in [0, 0.05) is 26.4 Å². The zero-order chi connectivity index (χ0) is 14.2. The predicted molar refractivity (Wildman–Crippen MR) is 77.0 cm³/mol. The van der Waals surface area contributed by atoms with Gasteiger partial charge in [0.25, 0.3) is 0 Å². The lowest BCUT2D eigenvalue weighted by Crippen LogP contribution is -2.60. The lowest BCUT2D eigenvalue weighted by Gasteiger charge is -2.44. The summed E-state index contributed by atoms with van der Waals surface area (Å²) in [7, 11) is 1.70. The zero-order valence-corrected chi connectivity index (χ0v) is 12.8. The van der Waals surface area contributed by atoms with Gasteiger partial charge in [0.1, 0.15) is 0 Å². The summed E-state index contributed by atoms with van der Waals surface area (Å²) >= 11 is 0. The average Bonchev–Trinajstić information content (AvgIpc) is 2.47. The Morgan fingerprint density at radius 1 is 1.15 bits per heavy atom. The van der Waals surface area contributed by atoms with Crippen molar-refractivity contribution in [3.8, 4) is 0 Å². The van der Waals surface area contributed by atoms with Gasteiger partial charge in [-0.3, -0.25) is 0 Å². The van der Waals surface area contributed by atoms with E-state index in [1.807, 2.05) is 0 Å². The smallest absolute Gasteiger partial charge is 0.0991 e. The van der Waals surface area contributed by atoms with Crippen LogP contribution >= 0.6 is 0 Å². The van der Waals surface area contributed by atoms with Crippen molar-refractivity contribution in [2.24, 2.45) is 5.92 Å². The SMILES string of the molecule is CCNC1CC(OCC2CCOCC2)C1OCCOC. The van der Waals surface area contributed by atoms with Crippen molar-refractivity contribution in [1.82, 2.24) is 5.32 Å². The molecule has 0 amide bonds. The van der Waals surface area contributed by atoms with Crippen LogP contribution in [0.1, 0.15) is 26.2 Å². The second-order valence-corrected chi connectivity index (χ2v) is 5.66. The highest BCUT2D eigenvalue weighted by atomic mass is 16.6. The van der Waals surface area contributed by atoms with E-state index in [1.165, 1.54) is 0 Å². The summed E-state index contributed by atoms with van der Waals surface area (Å²) < 4.78 is 22.4. The van der Waals surface area contributed by atoms with Gasteiger partial charge < -0.3 is 24.3 Å². The van der Waals surface area contributed by atoms with Gasteiger partial charge in [-0.25, -0.2) is 0 Å². The molecule has 3 atom stereocenters. The first-order valence-electron chi connectivity index (χ1n) is 7.88. The first-order valence-corrected chi connectivity index (χ1v) is 7.88. The lowest BCUT2D eigenvalue weighted by atomic mass is 9.85. The van der Waals surface area contributed by atoms with Gasteiger partial charge in [-0.15, -0.1) is 0 Å². The summed E-state index contributed by atoms with van der Waals surface area (Å²) in [5, 5.41) is 3.46. The molecule has 0 aromatic rings. The molecule has 5 nitrogen and oxygen atoms in total. The molecule has 3 unspecified atom stereocenters. The molecule has 0 spiro atoms. The molecule has 1 heterocycles. The third-order valence-corrected chi connectivity index (χ3v) is 4.20. The van der Waals surface area contributed by atoms with E-state index in [2.05, 4.69) is 12.2 Å². The molecule has 5 heteroatoms. The molecule has 1 N–H and O–H groups in total. The quantitative estimate of drug-likeness (QED) is 0.646. The lowest BCUT2D eigenvalue weighted by molar-refractivity contribution is -0.159. The van der Waals surface area contributed by atoms with Gasteiger partial charge in [-0.1, -0.05) is 6.92 Å². The summed E-state index contributed by atoms with van der Waals surface area (Å²) in [5.41, 5.74) is 0.